The monoisotopic (exact) mass is 357 g/mol. The van der Waals surface area contributed by atoms with E-state index in [1.54, 1.807) is 11.5 Å². The summed E-state index contributed by atoms with van der Waals surface area (Å²) in [5.74, 6) is 0.201. The maximum absolute atomic E-state index is 12.4. The molecule has 1 aliphatic rings. The van der Waals surface area contributed by atoms with Gasteiger partial charge in [0, 0.05) is 18.7 Å². The average Bonchev–Trinajstić information content (AvgIpc) is 3.00. The molecule has 0 spiro atoms. The Morgan fingerprint density at radius 1 is 1.43 bits per heavy atom. The van der Waals surface area contributed by atoms with E-state index in [-0.39, 0.29) is 30.4 Å². The van der Waals surface area contributed by atoms with Crippen molar-refractivity contribution in [2.75, 3.05) is 24.7 Å². The number of esters is 1. The number of hydrogen-bond acceptors (Lipinski definition) is 7. The minimum Gasteiger partial charge on any atom is -0.465 e. The quantitative estimate of drug-likeness (QED) is 0.436. The van der Waals surface area contributed by atoms with Gasteiger partial charge >= 0.3 is 5.97 Å². The van der Waals surface area contributed by atoms with E-state index in [9.17, 15) is 14.4 Å². The highest BCUT2D eigenvalue weighted by Gasteiger charge is 2.21. The van der Waals surface area contributed by atoms with Crippen molar-refractivity contribution < 1.29 is 14.3 Å². The van der Waals surface area contributed by atoms with Crippen LogP contribution >= 0.6 is 23.5 Å². The summed E-state index contributed by atoms with van der Waals surface area (Å²) in [5.41, 5.74) is 0.786. The number of carbonyl (C=O) groups is 2. The summed E-state index contributed by atoms with van der Waals surface area (Å²) in [6.07, 6.45) is 0.780. The lowest BCUT2D eigenvalue weighted by Crippen LogP contribution is -2.32. The number of amides is 1. The van der Waals surface area contributed by atoms with Crippen LogP contribution in [0, 0.1) is 0 Å². The van der Waals surface area contributed by atoms with Crippen LogP contribution in [0.25, 0.3) is 0 Å². The lowest BCUT2D eigenvalue weighted by atomic mass is 10.3. The van der Waals surface area contributed by atoms with E-state index in [2.05, 4.69) is 10.3 Å². The molecule has 126 valence electrons. The van der Waals surface area contributed by atoms with E-state index in [1.165, 1.54) is 23.5 Å². The largest absolute Gasteiger partial charge is 0.465 e. The molecule has 1 N–H and O–H groups in total. The van der Waals surface area contributed by atoms with Gasteiger partial charge in [0.15, 0.2) is 5.16 Å². The number of aryl methyl sites for hydroxylation is 1. The molecule has 2 heterocycles. The Morgan fingerprint density at radius 2 is 2.22 bits per heavy atom. The molecular formula is C14H19N3O4S2. The van der Waals surface area contributed by atoms with E-state index in [1.807, 2.05) is 6.92 Å². The Morgan fingerprint density at radius 3 is 2.91 bits per heavy atom. The topological polar surface area (TPSA) is 90.3 Å². The molecule has 2 rings (SSSR count). The fraction of sp³-hybridized carbons (Fsp3) is 0.571. The van der Waals surface area contributed by atoms with E-state index in [0.717, 1.165) is 22.8 Å². The maximum atomic E-state index is 12.4. The van der Waals surface area contributed by atoms with Crippen molar-refractivity contribution in [3.05, 3.63) is 16.0 Å². The third kappa shape index (κ3) is 4.51. The van der Waals surface area contributed by atoms with Crippen LogP contribution in [0.3, 0.4) is 0 Å². The average molecular weight is 357 g/mol. The van der Waals surface area contributed by atoms with Gasteiger partial charge in [-0.2, -0.15) is 0 Å². The number of nitrogens with one attached hydrogen (secondary N) is 1. The van der Waals surface area contributed by atoms with Crippen LogP contribution in [-0.2, 0) is 27.3 Å². The number of nitrogens with zero attached hydrogens (tertiary/aromatic N) is 2. The first kappa shape index (κ1) is 17.9. The number of rotatable bonds is 7. The maximum Gasteiger partial charge on any atom is 0.325 e. The Bertz CT molecular complexity index is 660. The second-order valence-electron chi connectivity index (χ2n) is 4.69. The van der Waals surface area contributed by atoms with Gasteiger partial charge in [0.25, 0.3) is 5.56 Å². The highest BCUT2D eigenvalue weighted by Crippen LogP contribution is 2.28. The zero-order valence-corrected chi connectivity index (χ0v) is 14.7. The predicted molar refractivity (Wildman–Crippen MR) is 89.0 cm³/mol. The molecule has 0 saturated heterocycles. The molecule has 0 bridgehead atoms. The summed E-state index contributed by atoms with van der Waals surface area (Å²) in [4.78, 5) is 40.6. The van der Waals surface area contributed by atoms with Crippen molar-refractivity contribution in [1.29, 1.82) is 0 Å². The van der Waals surface area contributed by atoms with Crippen LogP contribution in [0.5, 0.6) is 0 Å². The van der Waals surface area contributed by atoms with Gasteiger partial charge in [-0.25, -0.2) is 4.98 Å². The number of fused-ring (bicyclic) bond motifs is 1. The summed E-state index contributed by atoms with van der Waals surface area (Å²) < 4.78 is 6.32. The molecule has 1 aromatic rings. The molecule has 0 saturated carbocycles. The number of carbonyl (C=O) groups excluding carboxylic acids is 2. The Hall–Kier alpha value is -1.48. The van der Waals surface area contributed by atoms with Gasteiger partial charge in [0.1, 0.15) is 6.54 Å². The molecule has 1 aliphatic heterocycles. The van der Waals surface area contributed by atoms with Crippen LogP contribution in [0.15, 0.2) is 14.8 Å². The zero-order valence-electron chi connectivity index (χ0n) is 13.1. The SMILES string of the molecule is CCOC(=O)CNC(=O)CSc1nc2c(c(=O)n1CC)SCC2. The van der Waals surface area contributed by atoms with Crippen molar-refractivity contribution in [1.82, 2.24) is 14.9 Å². The van der Waals surface area contributed by atoms with E-state index >= 15 is 0 Å². The molecule has 0 aliphatic carbocycles. The number of aromatic nitrogens is 2. The second kappa shape index (κ2) is 8.39. The van der Waals surface area contributed by atoms with Crippen molar-refractivity contribution in [3.63, 3.8) is 0 Å². The smallest absolute Gasteiger partial charge is 0.325 e. The van der Waals surface area contributed by atoms with Gasteiger partial charge < -0.3 is 10.1 Å². The molecule has 1 aromatic heterocycles. The third-order valence-electron chi connectivity index (χ3n) is 3.13. The number of thioether (sulfide) groups is 2. The summed E-state index contributed by atoms with van der Waals surface area (Å²) in [7, 11) is 0. The minimum absolute atomic E-state index is 0.0329. The molecule has 9 heteroatoms. The molecule has 0 radical (unpaired) electrons. The van der Waals surface area contributed by atoms with E-state index in [4.69, 9.17) is 4.74 Å². The standard InChI is InChI=1S/C14H19N3O4S2/c1-3-17-13(20)12-9(5-6-22-12)16-14(17)23-8-10(18)15-7-11(19)21-4-2/h3-8H2,1-2H3,(H,15,18). The first-order chi connectivity index (χ1) is 11.1. The lowest BCUT2D eigenvalue weighted by molar-refractivity contribution is -0.143. The zero-order chi connectivity index (χ0) is 16.8. The lowest BCUT2D eigenvalue weighted by Gasteiger charge is -2.11. The Kier molecular flexibility index (Phi) is 6.52. The molecule has 0 fully saturated rings. The fourth-order valence-corrected chi connectivity index (χ4v) is 4.03. The van der Waals surface area contributed by atoms with Gasteiger partial charge in [-0.1, -0.05) is 11.8 Å². The van der Waals surface area contributed by atoms with Crippen molar-refractivity contribution in [3.8, 4) is 0 Å². The summed E-state index contributed by atoms with van der Waals surface area (Å²) in [6.45, 7) is 4.22. The van der Waals surface area contributed by atoms with Crippen LogP contribution in [0.1, 0.15) is 19.5 Å². The fourth-order valence-electron chi connectivity index (χ4n) is 2.08. The first-order valence-corrected chi connectivity index (χ1v) is 9.35. The number of hydrogen-bond donors (Lipinski definition) is 1. The molecular weight excluding hydrogens is 338 g/mol. The van der Waals surface area contributed by atoms with Crippen LogP contribution < -0.4 is 10.9 Å². The van der Waals surface area contributed by atoms with Gasteiger partial charge in [-0.3, -0.25) is 19.0 Å². The predicted octanol–water partition coefficient (Wildman–Crippen LogP) is 0.683. The molecule has 0 unspecified atom stereocenters. The van der Waals surface area contributed by atoms with Crippen molar-refractivity contribution in [2.45, 2.75) is 36.9 Å². The Labute approximate surface area is 142 Å². The number of ether oxygens (including phenoxy) is 1. The van der Waals surface area contributed by atoms with Gasteiger partial charge in [-0.15, -0.1) is 11.8 Å². The van der Waals surface area contributed by atoms with Crippen LogP contribution in [0.2, 0.25) is 0 Å². The van der Waals surface area contributed by atoms with Crippen LogP contribution in [0.4, 0.5) is 0 Å². The second-order valence-corrected chi connectivity index (χ2v) is 6.74. The molecule has 1 amide bonds. The highest BCUT2D eigenvalue weighted by molar-refractivity contribution is 8.00. The minimum atomic E-state index is -0.469. The van der Waals surface area contributed by atoms with Crippen molar-refractivity contribution in [2.24, 2.45) is 0 Å². The molecule has 0 aromatic carbocycles. The highest BCUT2D eigenvalue weighted by atomic mass is 32.2. The summed E-state index contributed by atoms with van der Waals surface area (Å²) in [5, 5.41) is 3.03. The summed E-state index contributed by atoms with van der Waals surface area (Å²) >= 11 is 2.74. The van der Waals surface area contributed by atoms with Crippen molar-refractivity contribution >= 4 is 35.4 Å². The Balaban J connectivity index is 1.98. The third-order valence-corrected chi connectivity index (χ3v) is 5.22. The van der Waals surface area contributed by atoms with E-state index < -0.39 is 5.97 Å². The van der Waals surface area contributed by atoms with E-state index in [0.29, 0.717) is 11.7 Å². The molecule has 7 nitrogen and oxygen atoms in total. The molecule has 0 atom stereocenters. The van der Waals surface area contributed by atoms with Gasteiger partial charge in [0.05, 0.1) is 22.9 Å². The van der Waals surface area contributed by atoms with Crippen LogP contribution in [-0.4, -0.2) is 46.1 Å². The summed E-state index contributed by atoms with van der Waals surface area (Å²) in [6, 6.07) is 0. The first-order valence-electron chi connectivity index (χ1n) is 7.38. The molecule has 23 heavy (non-hydrogen) atoms. The van der Waals surface area contributed by atoms with Gasteiger partial charge in [-0.05, 0) is 13.8 Å². The normalized spacial score (nSPS) is 12.8. The van der Waals surface area contributed by atoms with Gasteiger partial charge in [0.2, 0.25) is 5.91 Å².